The number of amides is 1. The molecule has 1 N–H and O–H groups in total. The standard InChI is InChI=1S/C23H23ClFN5O2/c24-16-6-4-15(5-7-16)23(32)29-10-8-28(9-11-29)19-12-30(13-20(19)31)22-17-2-1-3-18(25)21(17)26-14-27-22/h1-7,14,19-20,31H,8-13H2. The van der Waals surface area contributed by atoms with Crippen LogP contribution in [0.4, 0.5) is 10.2 Å². The monoisotopic (exact) mass is 455 g/mol. The Balaban J connectivity index is 1.26. The zero-order chi connectivity index (χ0) is 22.2. The van der Waals surface area contributed by atoms with E-state index in [0.29, 0.717) is 61.1 Å². The number of hydrogen-bond donors (Lipinski definition) is 1. The first-order valence-electron chi connectivity index (χ1n) is 10.6. The van der Waals surface area contributed by atoms with Gasteiger partial charge in [-0.1, -0.05) is 17.7 Å². The summed E-state index contributed by atoms with van der Waals surface area (Å²) in [6.45, 7) is 3.52. The molecular formula is C23H23ClFN5O2. The van der Waals surface area contributed by atoms with Crippen LogP contribution in [0.5, 0.6) is 0 Å². The van der Waals surface area contributed by atoms with Crippen molar-refractivity contribution < 1.29 is 14.3 Å². The van der Waals surface area contributed by atoms with Crippen LogP contribution in [0.1, 0.15) is 10.4 Å². The largest absolute Gasteiger partial charge is 0.390 e. The van der Waals surface area contributed by atoms with Crippen LogP contribution in [-0.4, -0.2) is 82.2 Å². The zero-order valence-corrected chi connectivity index (χ0v) is 18.1. The van der Waals surface area contributed by atoms with Gasteiger partial charge >= 0.3 is 0 Å². The Bertz CT molecular complexity index is 1140. The summed E-state index contributed by atoms with van der Waals surface area (Å²) in [7, 11) is 0. The lowest BCUT2D eigenvalue weighted by molar-refractivity contribution is 0.0376. The van der Waals surface area contributed by atoms with Crippen LogP contribution >= 0.6 is 11.6 Å². The molecule has 5 rings (SSSR count). The molecule has 1 aromatic heterocycles. The fourth-order valence-electron chi connectivity index (χ4n) is 4.62. The van der Waals surface area contributed by atoms with Crippen molar-refractivity contribution in [1.82, 2.24) is 19.8 Å². The molecule has 2 aromatic carbocycles. The Morgan fingerprint density at radius 3 is 2.53 bits per heavy atom. The highest BCUT2D eigenvalue weighted by atomic mass is 35.5. The number of para-hydroxylation sites is 1. The van der Waals surface area contributed by atoms with Crippen molar-refractivity contribution in [2.45, 2.75) is 12.1 Å². The van der Waals surface area contributed by atoms with Gasteiger partial charge in [0.1, 0.15) is 23.5 Å². The highest BCUT2D eigenvalue weighted by molar-refractivity contribution is 6.30. The lowest BCUT2D eigenvalue weighted by atomic mass is 10.1. The predicted octanol–water partition coefficient (Wildman–Crippen LogP) is 2.43. The Morgan fingerprint density at radius 1 is 1.03 bits per heavy atom. The van der Waals surface area contributed by atoms with Crippen molar-refractivity contribution in [3.8, 4) is 0 Å². The summed E-state index contributed by atoms with van der Waals surface area (Å²) in [5, 5.41) is 12.0. The first-order chi connectivity index (χ1) is 15.5. The van der Waals surface area contributed by atoms with Crippen molar-refractivity contribution in [3.05, 3.63) is 65.2 Å². The molecule has 0 aliphatic carbocycles. The molecular weight excluding hydrogens is 433 g/mol. The quantitative estimate of drug-likeness (QED) is 0.654. The molecule has 3 heterocycles. The Labute approximate surface area is 190 Å². The van der Waals surface area contributed by atoms with Gasteiger partial charge in [-0.3, -0.25) is 9.69 Å². The normalized spacial score (nSPS) is 22.0. The molecule has 0 saturated carbocycles. The number of benzene rings is 2. The van der Waals surface area contributed by atoms with Crippen LogP contribution in [-0.2, 0) is 0 Å². The number of piperazine rings is 1. The van der Waals surface area contributed by atoms with Gasteiger partial charge in [0.25, 0.3) is 5.91 Å². The summed E-state index contributed by atoms with van der Waals surface area (Å²) < 4.78 is 14.1. The molecule has 2 aliphatic heterocycles. The van der Waals surface area contributed by atoms with Gasteiger partial charge in [-0.05, 0) is 36.4 Å². The van der Waals surface area contributed by atoms with E-state index < -0.39 is 6.10 Å². The fraction of sp³-hybridized carbons (Fsp3) is 0.348. The number of nitrogens with zero attached hydrogens (tertiary/aromatic N) is 5. The first kappa shape index (κ1) is 21.1. The van der Waals surface area contributed by atoms with E-state index in [4.69, 9.17) is 11.6 Å². The smallest absolute Gasteiger partial charge is 0.253 e. The van der Waals surface area contributed by atoms with Crippen molar-refractivity contribution >= 4 is 34.2 Å². The molecule has 166 valence electrons. The van der Waals surface area contributed by atoms with E-state index in [0.717, 1.165) is 0 Å². The lowest BCUT2D eigenvalue weighted by Gasteiger charge is -2.38. The summed E-state index contributed by atoms with van der Waals surface area (Å²) >= 11 is 5.92. The number of carbonyl (C=O) groups excluding carboxylic acids is 1. The summed E-state index contributed by atoms with van der Waals surface area (Å²) in [5.41, 5.74) is 0.905. The number of β-amino-alcohol motifs (C(OH)–C–C–N with tert-alkyl or cyclic N) is 1. The number of anilines is 1. The molecule has 2 atom stereocenters. The summed E-state index contributed by atoms with van der Waals surface area (Å²) in [6.07, 6.45) is 0.800. The highest BCUT2D eigenvalue weighted by Gasteiger charge is 2.38. The molecule has 2 saturated heterocycles. The van der Waals surface area contributed by atoms with Crippen LogP contribution < -0.4 is 4.90 Å². The molecule has 7 nitrogen and oxygen atoms in total. The second-order valence-electron chi connectivity index (χ2n) is 8.21. The van der Waals surface area contributed by atoms with Gasteiger partial charge in [0.15, 0.2) is 0 Å². The maximum absolute atomic E-state index is 14.1. The molecule has 2 fully saturated rings. The van der Waals surface area contributed by atoms with E-state index in [1.165, 1.54) is 12.4 Å². The predicted molar refractivity (Wildman–Crippen MR) is 120 cm³/mol. The van der Waals surface area contributed by atoms with Crippen molar-refractivity contribution in [2.24, 2.45) is 0 Å². The topological polar surface area (TPSA) is 72.8 Å². The lowest BCUT2D eigenvalue weighted by Crippen LogP contribution is -2.54. The number of carbonyl (C=O) groups is 1. The van der Waals surface area contributed by atoms with Crippen LogP contribution in [0, 0.1) is 5.82 Å². The minimum Gasteiger partial charge on any atom is -0.390 e. The number of halogens is 2. The minimum absolute atomic E-state index is 0.00982. The number of aliphatic hydroxyl groups excluding tert-OH is 1. The van der Waals surface area contributed by atoms with Gasteiger partial charge in [-0.25, -0.2) is 14.4 Å². The molecule has 0 bridgehead atoms. The van der Waals surface area contributed by atoms with E-state index in [2.05, 4.69) is 14.9 Å². The third-order valence-electron chi connectivity index (χ3n) is 6.31. The molecule has 1 amide bonds. The SMILES string of the molecule is O=C(c1ccc(Cl)cc1)N1CCN(C2CN(c3ncnc4c(F)cccc34)CC2O)CC1. The molecule has 32 heavy (non-hydrogen) atoms. The molecule has 2 unspecified atom stereocenters. The molecule has 0 radical (unpaired) electrons. The summed E-state index contributed by atoms with van der Waals surface area (Å²) in [4.78, 5) is 27.2. The van der Waals surface area contributed by atoms with Gasteiger partial charge in [0.05, 0.1) is 12.1 Å². The van der Waals surface area contributed by atoms with E-state index in [1.54, 1.807) is 36.4 Å². The molecule has 2 aliphatic rings. The number of aliphatic hydroxyl groups is 1. The molecule has 0 spiro atoms. The van der Waals surface area contributed by atoms with Gasteiger partial charge in [-0.2, -0.15) is 0 Å². The second-order valence-corrected chi connectivity index (χ2v) is 8.64. The van der Waals surface area contributed by atoms with Crippen molar-refractivity contribution in [3.63, 3.8) is 0 Å². The van der Waals surface area contributed by atoms with E-state index in [-0.39, 0.29) is 23.3 Å². The maximum atomic E-state index is 14.1. The Kier molecular flexibility index (Phi) is 5.67. The minimum atomic E-state index is -0.563. The average Bonchev–Trinajstić information content (AvgIpc) is 3.20. The van der Waals surface area contributed by atoms with Crippen LogP contribution in [0.25, 0.3) is 10.9 Å². The zero-order valence-electron chi connectivity index (χ0n) is 17.4. The van der Waals surface area contributed by atoms with E-state index in [1.807, 2.05) is 9.80 Å². The second kappa shape index (κ2) is 8.61. The number of aromatic nitrogens is 2. The van der Waals surface area contributed by atoms with Crippen LogP contribution in [0.3, 0.4) is 0 Å². The maximum Gasteiger partial charge on any atom is 0.253 e. The Morgan fingerprint density at radius 2 is 1.78 bits per heavy atom. The van der Waals surface area contributed by atoms with E-state index >= 15 is 0 Å². The third-order valence-corrected chi connectivity index (χ3v) is 6.57. The third kappa shape index (κ3) is 3.90. The molecule has 3 aromatic rings. The number of fused-ring (bicyclic) bond motifs is 1. The van der Waals surface area contributed by atoms with E-state index in [9.17, 15) is 14.3 Å². The van der Waals surface area contributed by atoms with Crippen LogP contribution in [0.15, 0.2) is 48.8 Å². The number of rotatable bonds is 3. The average molecular weight is 456 g/mol. The summed E-state index contributed by atoms with van der Waals surface area (Å²) in [6, 6.07) is 11.7. The van der Waals surface area contributed by atoms with Crippen molar-refractivity contribution in [2.75, 3.05) is 44.2 Å². The molecule has 9 heteroatoms. The number of hydrogen-bond acceptors (Lipinski definition) is 6. The van der Waals surface area contributed by atoms with Gasteiger partial charge in [0, 0.05) is 55.2 Å². The fourth-order valence-corrected chi connectivity index (χ4v) is 4.75. The first-order valence-corrected chi connectivity index (χ1v) is 11.0. The Hall–Kier alpha value is -2.81. The van der Waals surface area contributed by atoms with Crippen molar-refractivity contribution in [1.29, 1.82) is 0 Å². The summed E-state index contributed by atoms with van der Waals surface area (Å²) in [5.74, 6) is 0.237. The van der Waals surface area contributed by atoms with Crippen LogP contribution in [0.2, 0.25) is 5.02 Å². The van der Waals surface area contributed by atoms with Gasteiger partial charge in [-0.15, -0.1) is 0 Å². The van der Waals surface area contributed by atoms with Gasteiger partial charge in [0.2, 0.25) is 0 Å². The highest BCUT2D eigenvalue weighted by Crippen LogP contribution is 2.29. The van der Waals surface area contributed by atoms with Gasteiger partial charge < -0.3 is 14.9 Å².